The van der Waals surface area contributed by atoms with Crippen molar-refractivity contribution in [3.05, 3.63) is 18.2 Å². The molecular weight excluding hydrogens is 204 g/mol. The van der Waals surface area contributed by atoms with Gasteiger partial charge in [0.15, 0.2) is 0 Å². The predicted molar refractivity (Wildman–Crippen MR) is 52.5 cm³/mol. The molecular formula is C8H14N2O3S. The van der Waals surface area contributed by atoms with Crippen LogP contribution in [-0.4, -0.2) is 35.1 Å². The average Bonchev–Trinajstić information content (AvgIpc) is 2.49. The van der Waals surface area contributed by atoms with Gasteiger partial charge in [-0.15, -0.1) is 0 Å². The third-order valence-electron chi connectivity index (χ3n) is 1.86. The highest BCUT2D eigenvalue weighted by molar-refractivity contribution is 7.90. The molecule has 80 valence electrons. The number of hydrogen-bond acceptors (Lipinski definition) is 4. The molecule has 14 heavy (non-hydrogen) atoms. The minimum Gasteiger partial charge on any atom is -0.388 e. The summed E-state index contributed by atoms with van der Waals surface area (Å²) < 4.78 is 23.4. The van der Waals surface area contributed by atoms with Crippen molar-refractivity contribution in [2.45, 2.75) is 19.6 Å². The fourth-order valence-electron chi connectivity index (χ4n) is 1.19. The van der Waals surface area contributed by atoms with Gasteiger partial charge in [0.2, 0.25) is 0 Å². The van der Waals surface area contributed by atoms with Crippen LogP contribution in [-0.2, 0) is 23.0 Å². The Bertz CT molecular complexity index is 383. The molecule has 0 bridgehead atoms. The third-order valence-corrected chi connectivity index (χ3v) is 2.89. The zero-order chi connectivity index (χ0) is 10.6. The average molecular weight is 218 g/mol. The molecule has 0 fully saturated rings. The molecule has 0 unspecified atom stereocenters. The van der Waals surface area contributed by atoms with E-state index in [1.54, 1.807) is 17.0 Å². The Morgan fingerprint density at radius 2 is 2.29 bits per heavy atom. The Morgan fingerprint density at radius 3 is 2.86 bits per heavy atom. The van der Waals surface area contributed by atoms with Crippen molar-refractivity contribution in [2.75, 3.05) is 12.0 Å². The Hall–Kier alpha value is -0.880. The number of aryl methyl sites for hydroxylation is 1. The lowest BCUT2D eigenvalue weighted by Crippen LogP contribution is -2.09. The molecule has 1 rings (SSSR count). The number of nitrogens with zero attached hydrogens (tertiary/aromatic N) is 2. The summed E-state index contributed by atoms with van der Waals surface area (Å²) in [7, 11) is -2.89. The van der Waals surface area contributed by atoms with E-state index in [-0.39, 0.29) is 12.4 Å². The molecule has 5 nitrogen and oxygen atoms in total. The van der Waals surface area contributed by atoms with E-state index in [9.17, 15) is 8.42 Å². The molecule has 6 heteroatoms. The van der Waals surface area contributed by atoms with Crippen LogP contribution in [0.15, 0.2) is 12.4 Å². The quantitative estimate of drug-likeness (QED) is 0.743. The highest BCUT2D eigenvalue weighted by atomic mass is 32.2. The van der Waals surface area contributed by atoms with Gasteiger partial charge in [0, 0.05) is 25.2 Å². The normalized spacial score (nSPS) is 11.9. The van der Waals surface area contributed by atoms with E-state index in [0.29, 0.717) is 18.8 Å². The number of aliphatic hydroxyl groups is 1. The molecule has 0 saturated carbocycles. The van der Waals surface area contributed by atoms with Gasteiger partial charge in [0.05, 0.1) is 5.75 Å². The topological polar surface area (TPSA) is 72.2 Å². The smallest absolute Gasteiger partial charge is 0.147 e. The summed E-state index contributed by atoms with van der Waals surface area (Å²) in [6.07, 6.45) is 5.08. The minimum absolute atomic E-state index is 0.119. The molecule has 0 aliphatic carbocycles. The van der Waals surface area contributed by atoms with Crippen LogP contribution >= 0.6 is 0 Å². The molecule has 0 aromatic carbocycles. The van der Waals surface area contributed by atoms with Gasteiger partial charge in [-0.25, -0.2) is 13.4 Å². The predicted octanol–water partition coefficient (Wildman–Crippen LogP) is -0.190. The van der Waals surface area contributed by atoms with Gasteiger partial charge >= 0.3 is 0 Å². The van der Waals surface area contributed by atoms with Crippen molar-refractivity contribution in [1.29, 1.82) is 0 Å². The fourth-order valence-corrected chi connectivity index (χ4v) is 1.85. The number of hydrogen-bond donors (Lipinski definition) is 1. The molecule has 0 amide bonds. The van der Waals surface area contributed by atoms with E-state index in [1.165, 1.54) is 6.26 Å². The first-order valence-corrected chi connectivity index (χ1v) is 6.37. The number of aliphatic hydroxyl groups excluding tert-OH is 1. The largest absolute Gasteiger partial charge is 0.388 e. The van der Waals surface area contributed by atoms with Crippen molar-refractivity contribution in [2.24, 2.45) is 0 Å². The maximum atomic E-state index is 10.8. The van der Waals surface area contributed by atoms with Gasteiger partial charge in [-0.05, 0) is 6.42 Å². The van der Waals surface area contributed by atoms with Crippen LogP contribution in [0.2, 0.25) is 0 Å². The van der Waals surface area contributed by atoms with E-state index in [1.807, 2.05) is 0 Å². The van der Waals surface area contributed by atoms with E-state index in [0.717, 1.165) is 0 Å². The molecule has 0 saturated heterocycles. The van der Waals surface area contributed by atoms with Crippen molar-refractivity contribution >= 4 is 9.84 Å². The van der Waals surface area contributed by atoms with Gasteiger partial charge < -0.3 is 9.67 Å². The Morgan fingerprint density at radius 1 is 1.57 bits per heavy atom. The summed E-state index contributed by atoms with van der Waals surface area (Å²) in [6.45, 7) is 0.453. The molecule has 0 spiro atoms. The monoisotopic (exact) mass is 218 g/mol. The van der Waals surface area contributed by atoms with Crippen LogP contribution in [0.4, 0.5) is 0 Å². The number of rotatable bonds is 5. The molecule has 0 atom stereocenters. The van der Waals surface area contributed by atoms with Gasteiger partial charge in [0.1, 0.15) is 22.3 Å². The maximum absolute atomic E-state index is 10.8. The van der Waals surface area contributed by atoms with E-state index in [4.69, 9.17) is 5.11 Å². The van der Waals surface area contributed by atoms with Crippen LogP contribution in [0.25, 0.3) is 0 Å². The first-order valence-electron chi connectivity index (χ1n) is 4.31. The first-order chi connectivity index (χ1) is 6.53. The van der Waals surface area contributed by atoms with Crippen LogP contribution < -0.4 is 0 Å². The molecule has 0 aliphatic rings. The molecule has 1 N–H and O–H groups in total. The van der Waals surface area contributed by atoms with Crippen LogP contribution in [0.5, 0.6) is 0 Å². The summed E-state index contributed by atoms with van der Waals surface area (Å²) in [6, 6.07) is 0. The van der Waals surface area contributed by atoms with Crippen LogP contribution in [0.1, 0.15) is 12.2 Å². The summed E-state index contributed by atoms with van der Waals surface area (Å²) in [5, 5.41) is 8.86. The third kappa shape index (κ3) is 3.47. The summed E-state index contributed by atoms with van der Waals surface area (Å²) >= 11 is 0. The highest BCUT2D eigenvalue weighted by Gasteiger charge is 2.04. The summed E-state index contributed by atoms with van der Waals surface area (Å²) in [5.74, 6) is 0.731. The Labute approximate surface area is 83.3 Å². The molecule has 1 aromatic heterocycles. The Balaban J connectivity index is 2.46. The number of imidazole rings is 1. The lowest BCUT2D eigenvalue weighted by molar-refractivity contribution is 0.265. The zero-order valence-corrected chi connectivity index (χ0v) is 8.87. The van der Waals surface area contributed by atoms with E-state index in [2.05, 4.69) is 4.98 Å². The standard InChI is InChI=1S/C8H14N2O3S/c1-14(12,13)6-2-4-10-5-3-9-8(10)7-11/h3,5,11H,2,4,6-7H2,1H3. The van der Waals surface area contributed by atoms with Gasteiger partial charge in [-0.1, -0.05) is 0 Å². The van der Waals surface area contributed by atoms with E-state index >= 15 is 0 Å². The summed E-state index contributed by atoms with van der Waals surface area (Å²) in [5.41, 5.74) is 0. The second-order valence-corrected chi connectivity index (χ2v) is 5.44. The SMILES string of the molecule is CS(=O)(=O)CCCn1ccnc1CO. The van der Waals surface area contributed by atoms with Crippen molar-refractivity contribution in [3.63, 3.8) is 0 Å². The Kier molecular flexibility index (Phi) is 3.65. The highest BCUT2D eigenvalue weighted by Crippen LogP contribution is 2.00. The van der Waals surface area contributed by atoms with Crippen molar-refractivity contribution in [1.82, 2.24) is 9.55 Å². The number of aromatic nitrogens is 2. The zero-order valence-electron chi connectivity index (χ0n) is 8.05. The van der Waals surface area contributed by atoms with Crippen LogP contribution in [0.3, 0.4) is 0 Å². The first kappa shape index (κ1) is 11.2. The molecule has 1 aromatic rings. The van der Waals surface area contributed by atoms with Crippen molar-refractivity contribution in [3.8, 4) is 0 Å². The van der Waals surface area contributed by atoms with E-state index < -0.39 is 9.84 Å². The lowest BCUT2D eigenvalue weighted by Gasteiger charge is -2.04. The second-order valence-electron chi connectivity index (χ2n) is 3.18. The maximum Gasteiger partial charge on any atom is 0.147 e. The molecule has 0 aliphatic heterocycles. The number of sulfone groups is 1. The second kappa shape index (κ2) is 4.56. The molecule has 1 heterocycles. The minimum atomic E-state index is -2.89. The summed E-state index contributed by atoms with van der Waals surface area (Å²) in [4.78, 5) is 3.91. The lowest BCUT2D eigenvalue weighted by atomic mass is 10.4. The van der Waals surface area contributed by atoms with Gasteiger partial charge in [0.25, 0.3) is 0 Å². The fraction of sp³-hybridized carbons (Fsp3) is 0.625. The van der Waals surface area contributed by atoms with Crippen molar-refractivity contribution < 1.29 is 13.5 Å². The van der Waals surface area contributed by atoms with Gasteiger partial charge in [-0.2, -0.15) is 0 Å². The van der Waals surface area contributed by atoms with Gasteiger partial charge in [-0.3, -0.25) is 0 Å². The molecule has 0 radical (unpaired) electrons. The van der Waals surface area contributed by atoms with Crippen LogP contribution in [0, 0.1) is 0 Å².